The number of carbonyl (C=O) groups is 2. The van der Waals surface area contributed by atoms with Crippen molar-refractivity contribution in [3.8, 4) is 0 Å². The van der Waals surface area contributed by atoms with Crippen LogP contribution in [0.3, 0.4) is 0 Å². The van der Waals surface area contributed by atoms with Gasteiger partial charge in [-0.2, -0.15) is 0 Å². The van der Waals surface area contributed by atoms with E-state index in [1.165, 1.54) is 0 Å². The third-order valence-corrected chi connectivity index (χ3v) is 5.40. The van der Waals surface area contributed by atoms with E-state index in [9.17, 15) is 14.7 Å². The maximum Gasteiger partial charge on any atom is 0.318 e. The first-order valence-corrected chi connectivity index (χ1v) is 8.28. The van der Waals surface area contributed by atoms with E-state index in [1.807, 2.05) is 24.6 Å². The molecule has 2 fully saturated rings. The lowest BCUT2D eigenvalue weighted by molar-refractivity contribution is -0.149. The summed E-state index contributed by atoms with van der Waals surface area (Å²) in [4.78, 5) is 30.2. The van der Waals surface area contributed by atoms with Crippen molar-refractivity contribution >= 4 is 12.0 Å². The van der Waals surface area contributed by atoms with Gasteiger partial charge in [-0.3, -0.25) is 4.79 Å². The van der Waals surface area contributed by atoms with Crippen molar-refractivity contribution in [2.24, 2.45) is 11.3 Å². The van der Waals surface area contributed by atoms with Gasteiger partial charge < -0.3 is 19.9 Å². The SMILES string of the molecule is CCn1ccnc1C(C)NC(=O)N1C[C@@H]2CCC[C@@]2(C(=O)O)C1. The lowest BCUT2D eigenvalue weighted by atomic mass is 9.81. The number of hydrogen-bond donors (Lipinski definition) is 2. The Morgan fingerprint density at radius 1 is 1.57 bits per heavy atom. The fraction of sp³-hybridized carbons (Fsp3) is 0.688. The van der Waals surface area contributed by atoms with Crippen molar-refractivity contribution in [3.63, 3.8) is 0 Å². The van der Waals surface area contributed by atoms with Crippen molar-refractivity contribution in [1.82, 2.24) is 19.8 Å². The Labute approximate surface area is 135 Å². The maximum atomic E-state index is 12.5. The van der Waals surface area contributed by atoms with Gasteiger partial charge in [0.15, 0.2) is 0 Å². The van der Waals surface area contributed by atoms with Crippen molar-refractivity contribution in [2.75, 3.05) is 13.1 Å². The molecular formula is C16H24N4O3. The Hall–Kier alpha value is -2.05. The number of carbonyl (C=O) groups excluding carboxylic acids is 1. The van der Waals surface area contributed by atoms with E-state index < -0.39 is 11.4 Å². The highest BCUT2D eigenvalue weighted by molar-refractivity contribution is 5.80. The molecule has 1 unspecified atom stereocenters. The van der Waals surface area contributed by atoms with Gasteiger partial charge in [-0.25, -0.2) is 9.78 Å². The highest BCUT2D eigenvalue weighted by Crippen LogP contribution is 2.48. The number of carboxylic acids is 1. The smallest absolute Gasteiger partial charge is 0.318 e. The second-order valence-corrected chi connectivity index (χ2v) is 6.67. The molecule has 0 radical (unpaired) electrons. The fourth-order valence-electron chi connectivity index (χ4n) is 4.10. The lowest BCUT2D eigenvalue weighted by Gasteiger charge is -2.24. The van der Waals surface area contributed by atoms with Gasteiger partial charge in [-0.15, -0.1) is 0 Å². The number of urea groups is 1. The Bertz CT molecular complexity index is 614. The van der Waals surface area contributed by atoms with E-state index in [0.29, 0.717) is 19.5 Å². The number of aromatic nitrogens is 2. The molecule has 0 spiro atoms. The van der Waals surface area contributed by atoms with E-state index in [0.717, 1.165) is 25.2 Å². The normalized spacial score (nSPS) is 27.7. The third kappa shape index (κ3) is 2.58. The summed E-state index contributed by atoms with van der Waals surface area (Å²) in [5.74, 6) is 0.136. The van der Waals surface area contributed by atoms with Gasteiger partial charge in [0.2, 0.25) is 0 Å². The summed E-state index contributed by atoms with van der Waals surface area (Å²) >= 11 is 0. The number of imidazole rings is 1. The minimum Gasteiger partial charge on any atom is -0.481 e. The molecule has 1 saturated carbocycles. The van der Waals surface area contributed by atoms with Gasteiger partial charge in [0, 0.05) is 32.0 Å². The number of aryl methyl sites for hydroxylation is 1. The minimum atomic E-state index is -0.759. The van der Waals surface area contributed by atoms with Gasteiger partial charge >= 0.3 is 12.0 Å². The van der Waals surface area contributed by atoms with Crippen LogP contribution < -0.4 is 5.32 Å². The van der Waals surface area contributed by atoms with E-state index in [2.05, 4.69) is 10.3 Å². The monoisotopic (exact) mass is 320 g/mol. The van der Waals surface area contributed by atoms with Crippen LogP contribution in [0.5, 0.6) is 0 Å². The van der Waals surface area contributed by atoms with E-state index in [4.69, 9.17) is 0 Å². The summed E-state index contributed by atoms with van der Waals surface area (Å²) in [5, 5.41) is 12.6. The molecule has 3 rings (SSSR count). The number of rotatable bonds is 4. The van der Waals surface area contributed by atoms with E-state index in [-0.39, 0.29) is 18.0 Å². The Balaban J connectivity index is 1.67. The van der Waals surface area contributed by atoms with Crippen LogP contribution in [0.1, 0.15) is 45.0 Å². The van der Waals surface area contributed by atoms with Gasteiger partial charge in [0.25, 0.3) is 0 Å². The Kier molecular flexibility index (Phi) is 4.04. The zero-order valence-electron chi connectivity index (χ0n) is 13.7. The molecule has 7 heteroatoms. The summed E-state index contributed by atoms with van der Waals surface area (Å²) in [6.07, 6.45) is 6.12. The number of likely N-dealkylation sites (tertiary alicyclic amines) is 1. The minimum absolute atomic E-state index is 0.0821. The molecule has 1 saturated heterocycles. The number of carboxylic acid groups (broad SMARTS) is 1. The zero-order valence-corrected chi connectivity index (χ0v) is 13.7. The largest absolute Gasteiger partial charge is 0.481 e. The van der Waals surface area contributed by atoms with Crippen molar-refractivity contribution in [1.29, 1.82) is 0 Å². The first-order chi connectivity index (χ1) is 11.0. The van der Waals surface area contributed by atoms with Gasteiger partial charge in [-0.1, -0.05) is 6.42 Å². The zero-order chi connectivity index (χ0) is 16.6. The quantitative estimate of drug-likeness (QED) is 0.886. The molecule has 1 aliphatic heterocycles. The summed E-state index contributed by atoms with van der Waals surface area (Å²) in [7, 11) is 0. The van der Waals surface area contributed by atoms with Crippen molar-refractivity contribution in [2.45, 2.75) is 45.7 Å². The average molecular weight is 320 g/mol. The molecule has 1 aromatic heterocycles. The number of fused-ring (bicyclic) bond motifs is 1. The second kappa shape index (κ2) is 5.86. The van der Waals surface area contributed by atoms with Gasteiger partial charge in [-0.05, 0) is 32.6 Å². The Morgan fingerprint density at radius 3 is 3.00 bits per heavy atom. The Morgan fingerprint density at radius 2 is 2.35 bits per heavy atom. The predicted octanol–water partition coefficient (Wildman–Crippen LogP) is 1.86. The summed E-state index contributed by atoms with van der Waals surface area (Å²) in [5.41, 5.74) is -0.734. The number of amides is 2. The maximum absolute atomic E-state index is 12.5. The molecule has 126 valence electrons. The van der Waals surface area contributed by atoms with E-state index >= 15 is 0 Å². The summed E-state index contributed by atoms with van der Waals surface area (Å²) < 4.78 is 1.99. The van der Waals surface area contributed by atoms with Crippen LogP contribution in [-0.2, 0) is 11.3 Å². The molecule has 1 aliphatic carbocycles. The van der Waals surface area contributed by atoms with Crippen LogP contribution in [0.25, 0.3) is 0 Å². The number of aliphatic carboxylic acids is 1. The molecule has 2 N–H and O–H groups in total. The number of hydrogen-bond acceptors (Lipinski definition) is 3. The van der Waals surface area contributed by atoms with E-state index in [1.54, 1.807) is 11.1 Å². The predicted molar refractivity (Wildman–Crippen MR) is 83.8 cm³/mol. The molecule has 2 amide bonds. The van der Waals surface area contributed by atoms with Gasteiger partial charge in [0.05, 0.1) is 11.5 Å². The highest BCUT2D eigenvalue weighted by atomic mass is 16.4. The highest BCUT2D eigenvalue weighted by Gasteiger charge is 2.55. The van der Waals surface area contributed by atoms with Crippen LogP contribution in [0.15, 0.2) is 12.4 Å². The molecule has 0 aromatic carbocycles. The molecule has 2 aliphatic rings. The number of nitrogens with one attached hydrogen (secondary N) is 1. The second-order valence-electron chi connectivity index (χ2n) is 6.67. The molecule has 23 heavy (non-hydrogen) atoms. The summed E-state index contributed by atoms with van der Waals surface area (Å²) in [6, 6.07) is -0.406. The van der Waals surface area contributed by atoms with Crippen LogP contribution in [-0.4, -0.2) is 44.6 Å². The van der Waals surface area contributed by atoms with Gasteiger partial charge in [0.1, 0.15) is 5.82 Å². The first kappa shape index (κ1) is 15.8. The van der Waals surface area contributed by atoms with Crippen LogP contribution in [0.4, 0.5) is 4.79 Å². The molecule has 7 nitrogen and oxygen atoms in total. The fourth-order valence-corrected chi connectivity index (χ4v) is 4.10. The lowest BCUT2D eigenvalue weighted by Crippen LogP contribution is -2.42. The van der Waals surface area contributed by atoms with Crippen LogP contribution >= 0.6 is 0 Å². The standard InChI is InChI=1S/C16H24N4O3/c1-3-19-8-7-17-13(19)11(2)18-15(23)20-9-12-5-4-6-16(12,10-20)14(21)22/h7-8,11-12H,3-6,9-10H2,1-2H3,(H,18,23)(H,21,22)/t11?,12-,16+/m0/s1. The molecule has 1 aromatic rings. The molecular weight excluding hydrogens is 296 g/mol. The van der Waals surface area contributed by atoms with Crippen LogP contribution in [0, 0.1) is 11.3 Å². The topological polar surface area (TPSA) is 87.5 Å². The molecule has 0 bridgehead atoms. The third-order valence-electron chi connectivity index (χ3n) is 5.40. The van der Waals surface area contributed by atoms with Crippen molar-refractivity contribution < 1.29 is 14.7 Å². The molecule has 2 heterocycles. The first-order valence-electron chi connectivity index (χ1n) is 8.28. The number of nitrogens with zero attached hydrogens (tertiary/aromatic N) is 3. The average Bonchev–Trinajstić information content (AvgIpc) is 3.20. The summed E-state index contributed by atoms with van der Waals surface area (Å²) in [6.45, 7) is 5.57. The van der Waals surface area contributed by atoms with Crippen molar-refractivity contribution in [3.05, 3.63) is 18.2 Å². The molecule has 3 atom stereocenters. The van der Waals surface area contributed by atoms with Crippen LogP contribution in [0.2, 0.25) is 0 Å².